The van der Waals surface area contributed by atoms with E-state index in [9.17, 15) is 19.5 Å². The zero-order valence-corrected chi connectivity index (χ0v) is 19.7. The van der Waals surface area contributed by atoms with Gasteiger partial charge in [-0.2, -0.15) is 0 Å². The van der Waals surface area contributed by atoms with Crippen molar-refractivity contribution in [2.75, 3.05) is 18.0 Å². The van der Waals surface area contributed by atoms with Crippen LogP contribution in [0.4, 0.5) is 19.3 Å². The normalized spacial score (nSPS) is 19.4. The first kappa shape index (κ1) is 24.0. The average Bonchev–Trinajstić information content (AvgIpc) is 3.44. The van der Waals surface area contributed by atoms with E-state index >= 15 is 8.78 Å². The third-order valence-corrected chi connectivity index (χ3v) is 6.35. The van der Waals surface area contributed by atoms with E-state index in [1.807, 2.05) is 6.92 Å². The fourth-order valence-corrected chi connectivity index (χ4v) is 4.52. The van der Waals surface area contributed by atoms with Crippen LogP contribution in [0.15, 0.2) is 17.1 Å². The number of carboxylic acid groups (broad SMARTS) is 1. The molecular formula is C24H29F2N3O5. The minimum absolute atomic E-state index is 0.0676. The zero-order valence-electron chi connectivity index (χ0n) is 19.7. The summed E-state index contributed by atoms with van der Waals surface area (Å²) in [5.74, 6) is -3.29. The van der Waals surface area contributed by atoms with Crippen molar-refractivity contribution in [2.24, 2.45) is 5.92 Å². The fourth-order valence-electron chi connectivity index (χ4n) is 4.52. The molecule has 10 heteroatoms. The Kier molecular flexibility index (Phi) is 6.03. The number of carbonyl (C=O) groups is 2. The maximum absolute atomic E-state index is 15.8. The van der Waals surface area contributed by atoms with Crippen molar-refractivity contribution < 1.29 is 28.2 Å². The predicted octanol–water partition coefficient (Wildman–Crippen LogP) is 4.05. The topological polar surface area (TPSA) is 101 Å². The maximum Gasteiger partial charge on any atom is 0.407 e. The highest BCUT2D eigenvalue weighted by Gasteiger charge is 2.35. The van der Waals surface area contributed by atoms with Gasteiger partial charge in [-0.3, -0.25) is 4.79 Å². The fraction of sp³-hybridized carbons (Fsp3) is 0.542. The van der Waals surface area contributed by atoms with Crippen LogP contribution >= 0.6 is 0 Å². The van der Waals surface area contributed by atoms with Gasteiger partial charge in [0.05, 0.1) is 10.9 Å². The van der Waals surface area contributed by atoms with Gasteiger partial charge in [0.1, 0.15) is 22.7 Å². The second-order valence-corrected chi connectivity index (χ2v) is 10.2. The Morgan fingerprint density at radius 2 is 1.91 bits per heavy atom. The van der Waals surface area contributed by atoms with Crippen LogP contribution in [-0.2, 0) is 4.74 Å². The summed E-state index contributed by atoms with van der Waals surface area (Å²) >= 11 is 0. The standard InChI is InChI=1S/C24H29F2N3O5/c1-12(27-23(33)34-24(2,3)4)13-7-8-28(10-13)20-17(25)9-15-19(18(20)26)29(14-5-6-14)11-16(21(15)30)22(31)32/h9,11-14H,5-8,10H2,1-4H3,(H,27,33)(H,31,32)/t12-,13-/m0/s1. The number of alkyl carbamates (subject to hydrolysis) is 1. The third-order valence-electron chi connectivity index (χ3n) is 6.35. The number of nitrogens with zero attached hydrogens (tertiary/aromatic N) is 2. The number of hydrogen-bond acceptors (Lipinski definition) is 5. The lowest BCUT2D eigenvalue weighted by molar-refractivity contribution is 0.0494. The van der Waals surface area contributed by atoms with Crippen LogP contribution in [0.25, 0.3) is 10.9 Å². The number of anilines is 1. The van der Waals surface area contributed by atoms with Gasteiger partial charge in [0.2, 0.25) is 5.43 Å². The van der Waals surface area contributed by atoms with E-state index in [0.29, 0.717) is 19.5 Å². The number of carbonyl (C=O) groups excluding carboxylic acids is 1. The van der Waals surface area contributed by atoms with Gasteiger partial charge in [0.25, 0.3) is 0 Å². The van der Waals surface area contributed by atoms with Gasteiger partial charge in [-0.15, -0.1) is 0 Å². The lowest BCUT2D eigenvalue weighted by Gasteiger charge is -2.26. The molecule has 8 nitrogen and oxygen atoms in total. The Morgan fingerprint density at radius 1 is 1.24 bits per heavy atom. The molecule has 0 radical (unpaired) electrons. The van der Waals surface area contributed by atoms with Crippen molar-refractivity contribution in [1.29, 1.82) is 0 Å². The average molecular weight is 478 g/mol. The van der Waals surface area contributed by atoms with Crippen LogP contribution < -0.4 is 15.6 Å². The first-order valence-electron chi connectivity index (χ1n) is 11.4. The SMILES string of the molecule is C[C@H](NC(=O)OC(C)(C)C)[C@H]1CCN(c2c(F)cc3c(=O)c(C(=O)O)cn(C4CC4)c3c2F)C1. The van der Waals surface area contributed by atoms with Crippen molar-refractivity contribution in [3.05, 3.63) is 39.7 Å². The molecule has 1 saturated carbocycles. The molecule has 0 bridgehead atoms. The maximum atomic E-state index is 15.8. The molecule has 1 aromatic heterocycles. The first-order valence-corrected chi connectivity index (χ1v) is 11.4. The summed E-state index contributed by atoms with van der Waals surface area (Å²) in [5, 5.41) is 11.9. The molecule has 4 rings (SSSR count). The van der Waals surface area contributed by atoms with Crippen molar-refractivity contribution in [3.8, 4) is 0 Å². The number of hydrogen-bond donors (Lipinski definition) is 2. The second kappa shape index (κ2) is 8.56. The molecule has 1 aromatic carbocycles. The number of nitrogens with one attached hydrogen (secondary N) is 1. The summed E-state index contributed by atoms with van der Waals surface area (Å²) in [6.45, 7) is 7.78. The minimum Gasteiger partial charge on any atom is -0.477 e. The van der Waals surface area contributed by atoms with Gasteiger partial charge in [-0.25, -0.2) is 18.4 Å². The van der Waals surface area contributed by atoms with Crippen LogP contribution in [0, 0.1) is 17.6 Å². The number of amides is 1. The highest BCUT2D eigenvalue weighted by Crippen LogP contribution is 2.40. The van der Waals surface area contributed by atoms with E-state index < -0.39 is 40.3 Å². The second-order valence-electron chi connectivity index (χ2n) is 10.2. The van der Waals surface area contributed by atoms with Gasteiger partial charge in [0.15, 0.2) is 5.82 Å². The molecule has 2 fully saturated rings. The summed E-state index contributed by atoms with van der Waals surface area (Å²) in [6, 6.07) is 0.532. The quantitative estimate of drug-likeness (QED) is 0.674. The summed E-state index contributed by atoms with van der Waals surface area (Å²) < 4.78 is 37.7. The molecule has 2 aliphatic rings. The number of carboxylic acids is 1. The molecule has 1 amide bonds. The lowest BCUT2D eigenvalue weighted by Crippen LogP contribution is -2.42. The minimum atomic E-state index is -1.43. The molecular weight excluding hydrogens is 448 g/mol. The summed E-state index contributed by atoms with van der Waals surface area (Å²) in [4.78, 5) is 37.8. The molecule has 2 heterocycles. The Bertz CT molecular complexity index is 1220. The van der Waals surface area contributed by atoms with E-state index in [4.69, 9.17) is 4.74 Å². The van der Waals surface area contributed by atoms with E-state index in [1.165, 1.54) is 4.57 Å². The third kappa shape index (κ3) is 4.58. The molecule has 2 N–H and O–H groups in total. The molecule has 2 aromatic rings. The Hall–Kier alpha value is -3.17. The number of fused-ring (bicyclic) bond motifs is 1. The van der Waals surface area contributed by atoms with Crippen molar-refractivity contribution in [3.63, 3.8) is 0 Å². The highest BCUT2D eigenvalue weighted by atomic mass is 19.1. The van der Waals surface area contributed by atoms with Crippen LogP contribution in [0.1, 0.15) is 63.4 Å². The number of rotatable bonds is 5. The molecule has 1 aliphatic carbocycles. The monoisotopic (exact) mass is 477 g/mol. The molecule has 2 atom stereocenters. The molecule has 184 valence electrons. The number of halogens is 2. The van der Waals surface area contributed by atoms with Gasteiger partial charge in [-0.1, -0.05) is 0 Å². The van der Waals surface area contributed by atoms with E-state index in [-0.39, 0.29) is 34.6 Å². The van der Waals surface area contributed by atoms with E-state index in [2.05, 4.69) is 5.32 Å². The van der Waals surface area contributed by atoms with Gasteiger partial charge in [-0.05, 0) is 58.9 Å². The Morgan fingerprint density at radius 3 is 2.50 bits per heavy atom. The van der Waals surface area contributed by atoms with E-state index in [0.717, 1.165) is 25.1 Å². The summed E-state index contributed by atoms with van der Waals surface area (Å²) in [6.07, 6.45) is 2.66. The number of ether oxygens (including phenoxy) is 1. The lowest BCUT2D eigenvalue weighted by atomic mass is 10.0. The molecule has 34 heavy (non-hydrogen) atoms. The molecule has 0 unspecified atom stereocenters. The first-order chi connectivity index (χ1) is 15.9. The number of pyridine rings is 1. The molecule has 0 spiro atoms. The van der Waals surface area contributed by atoms with Crippen LogP contribution in [0.5, 0.6) is 0 Å². The summed E-state index contributed by atoms with van der Waals surface area (Å²) in [5.41, 5.74) is -2.36. The molecule has 1 saturated heterocycles. The number of aromatic nitrogens is 1. The number of aromatic carboxylic acids is 1. The van der Waals surface area contributed by atoms with Crippen molar-refractivity contribution in [2.45, 2.75) is 64.6 Å². The largest absolute Gasteiger partial charge is 0.477 e. The van der Waals surface area contributed by atoms with Crippen LogP contribution in [-0.4, -0.2) is 46.5 Å². The Balaban J connectivity index is 1.65. The van der Waals surface area contributed by atoms with Crippen LogP contribution in [0.2, 0.25) is 0 Å². The number of benzene rings is 1. The van der Waals surface area contributed by atoms with E-state index in [1.54, 1.807) is 25.7 Å². The highest BCUT2D eigenvalue weighted by molar-refractivity contribution is 5.94. The smallest absolute Gasteiger partial charge is 0.407 e. The van der Waals surface area contributed by atoms with Gasteiger partial charge in [0, 0.05) is 31.4 Å². The summed E-state index contributed by atoms with van der Waals surface area (Å²) in [7, 11) is 0. The van der Waals surface area contributed by atoms with Crippen molar-refractivity contribution in [1.82, 2.24) is 9.88 Å². The van der Waals surface area contributed by atoms with Gasteiger partial charge < -0.3 is 24.6 Å². The van der Waals surface area contributed by atoms with Crippen molar-refractivity contribution >= 4 is 28.7 Å². The molecule has 1 aliphatic heterocycles. The zero-order chi connectivity index (χ0) is 24.9. The predicted molar refractivity (Wildman–Crippen MR) is 123 cm³/mol. The van der Waals surface area contributed by atoms with Crippen LogP contribution in [0.3, 0.4) is 0 Å². The Labute approximate surface area is 195 Å². The van der Waals surface area contributed by atoms with Gasteiger partial charge >= 0.3 is 12.1 Å².